The average molecular weight is 279 g/mol. The highest BCUT2D eigenvalue weighted by molar-refractivity contribution is 6.30. The first-order chi connectivity index (χ1) is 9.12. The Hall–Kier alpha value is -1.06. The first-order valence-corrected chi connectivity index (χ1v) is 7.36. The Morgan fingerprint density at radius 3 is 2.79 bits per heavy atom. The van der Waals surface area contributed by atoms with E-state index in [0.717, 1.165) is 41.8 Å². The quantitative estimate of drug-likeness (QED) is 0.893. The fraction of sp³-hybridized carbons (Fsp3) is 0.533. The van der Waals surface area contributed by atoms with Gasteiger partial charge in [0.05, 0.1) is 0 Å². The van der Waals surface area contributed by atoms with Gasteiger partial charge in [-0.05, 0) is 48.9 Å². The van der Waals surface area contributed by atoms with Crippen LogP contribution in [0.2, 0.25) is 5.02 Å². The highest BCUT2D eigenvalue weighted by Crippen LogP contribution is 2.39. The molecule has 0 saturated heterocycles. The predicted octanol–water partition coefficient (Wildman–Crippen LogP) is 2.50. The molecule has 0 aliphatic heterocycles. The molecule has 2 aliphatic rings. The Balaban J connectivity index is 1.97. The van der Waals surface area contributed by atoms with E-state index in [9.17, 15) is 4.79 Å². The first kappa shape index (κ1) is 12.9. The Bertz CT molecular complexity index is 511. The molecule has 0 radical (unpaired) electrons. The van der Waals surface area contributed by atoms with E-state index in [2.05, 4.69) is 5.32 Å². The number of amides is 1. The molecular formula is C15H19ClN2O. The molecule has 1 unspecified atom stereocenters. The summed E-state index contributed by atoms with van der Waals surface area (Å²) in [5.41, 5.74) is 7.22. The lowest BCUT2D eigenvalue weighted by Gasteiger charge is -2.31. The van der Waals surface area contributed by atoms with Crippen LogP contribution in [0.4, 0.5) is 0 Å². The third-order valence-corrected chi connectivity index (χ3v) is 4.76. The lowest BCUT2D eigenvalue weighted by Crippen LogP contribution is -2.54. The van der Waals surface area contributed by atoms with Gasteiger partial charge in [0.25, 0.3) is 0 Å². The number of nitrogens with one attached hydrogen (secondary N) is 1. The van der Waals surface area contributed by atoms with E-state index in [1.54, 1.807) is 0 Å². The Morgan fingerprint density at radius 1 is 1.37 bits per heavy atom. The Kier molecular flexibility index (Phi) is 3.27. The molecular weight excluding hydrogens is 260 g/mol. The molecule has 1 saturated carbocycles. The minimum absolute atomic E-state index is 0.263. The van der Waals surface area contributed by atoms with Crippen LogP contribution in [0, 0.1) is 0 Å². The standard InChI is InChI=1S/C15H19ClN2O/c16-11-5-6-13-10(9-11)7-8-15(13,14(17)19)18-12-3-1-2-4-12/h5-6,9,12,18H,1-4,7-8H2,(H2,17,19). The molecule has 0 aromatic heterocycles. The maximum atomic E-state index is 12.1. The van der Waals surface area contributed by atoms with Crippen molar-refractivity contribution < 1.29 is 4.79 Å². The van der Waals surface area contributed by atoms with Gasteiger partial charge in [0, 0.05) is 11.1 Å². The van der Waals surface area contributed by atoms with Crippen molar-refractivity contribution in [3.8, 4) is 0 Å². The van der Waals surface area contributed by atoms with Crippen LogP contribution >= 0.6 is 11.6 Å². The van der Waals surface area contributed by atoms with E-state index in [1.165, 1.54) is 12.8 Å². The van der Waals surface area contributed by atoms with Crippen LogP contribution in [0.15, 0.2) is 18.2 Å². The van der Waals surface area contributed by atoms with Crippen molar-refractivity contribution in [3.05, 3.63) is 34.3 Å². The predicted molar refractivity (Wildman–Crippen MR) is 76.0 cm³/mol. The lowest BCUT2D eigenvalue weighted by atomic mass is 9.89. The zero-order valence-corrected chi connectivity index (χ0v) is 11.7. The third-order valence-electron chi connectivity index (χ3n) is 4.52. The fourth-order valence-corrected chi connectivity index (χ4v) is 3.73. The van der Waals surface area contributed by atoms with Gasteiger partial charge in [0.1, 0.15) is 5.54 Å². The molecule has 1 atom stereocenters. The molecule has 0 spiro atoms. The van der Waals surface area contributed by atoms with E-state index in [4.69, 9.17) is 17.3 Å². The number of carbonyl (C=O) groups excluding carboxylic acids is 1. The SMILES string of the molecule is NC(=O)C1(NC2CCCC2)CCc2cc(Cl)ccc21. The number of halogens is 1. The number of benzene rings is 1. The van der Waals surface area contributed by atoms with Gasteiger partial charge in [-0.2, -0.15) is 0 Å². The molecule has 4 heteroatoms. The summed E-state index contributed by atoms with van der Waals surface area (Å²) in [6.45, 7) is 0. The number of rotatable bonds is 3. The average Bonchev–Trinajstić information content (AvgIpc) is 2.98. The van der Waals surface area contributed by atoms with Gasteiger partial charge in [-0.25, -0.2) is 0 Å². The molecule has 0 heterocycles. The molecule has 2 aliphatic carbocycles. The van der Waals surface area contributed by atoms with E-state index >= 15 is 0 Å². The molecule has 1 aromatic carbocycles. The molecule has 1 fully saturated rings. The highest BCUT2D eigenvalue weighted by Gasteiger charge is 2.45. The monoisotopic (exact) mass is 278 g/mol. The van der Waals surface area contributed by atoms with Crippen LogP contribution in [-0.2, 0) is 16.8 Å². The van der Waals surface area contributed by atoms with Crippen molar-refractivity contribution in [1.29, 1.82) is 0 Å². The van der Waals surface area contributed by atoms with Crippen molar-refractivity contribution in [3.63, 3.8) is 0 Å². The summed E-state index contributed by atoms with van der Waals surface area (Å²) in [6.07, 6.45) is 6.35. The van der Waals surface area contributed by atoms with Crippen LogP contribution in [0.1, 0.15) is 43.2 Å². The molecule has 3 nitrogen and oxygen atoms in total. The van der Waals surface area contributed by atoms with E-state index in [-0.39, 0.29) is 5.91 Å². The minimum Gasteiger partial charge on any atom is -0.368 e. The Labute approximate surface area is 118 Å². The zero-order chi connectivity index (χ0) is 13.5. The number of hydrogen-bond acceptors (Lipinski definition) is 2. The molecule has 3 N–H and O–H groups in total. The maximum absolute atomic E-state index is 12.1. The van der Waals surface area contributed by atoms with Gasteiger partial charge in [-0.1, -0.05) is 30.5 Å². The second-order valence-electron chi connectivity index (χ2n) is 5.70. The summed E-state index contributed by atoms with van der Waals surface area (Å²) in [4.78, 5) is 12.1. The summed E-state index contributed by atoms with van der Waals surface area (Å²) < 4.78 is 0. The fourth-order valence-electron chi connectivity index (χ4n) is 3.54. The van der Waals surface area contributed by atoms with Crippen LogP contribution in [0.5, 0.6) is 0 Å². The minimum atomic E-state index is -0.686. The molecule has 1 amide bonds. The molecule has 102 valence electrons. The summed E-state index contributed by atoms with van der Waals surface area (Å²) in [7, 11) is 0. The number of nitrogens with two attached hydrogens (primary N) is 1. The van der Waals surface area contributed by atoms with E-state index < -0.39 is 5.54 Å². The van der Waals surface area contributed by atoms with Gasteiger partial charge < -0.3 is 5.73 Å². The summed E-state index contributed by atoms with van der Waals surface area (Å²) in [6, 6.07) is 6.17. The van der Waals surface area contributed by atoms with E-state index in [0.29, 0.717) is 6.04 Å². The van der Waals surface area contributed by atoms with Gasteiger partial charge in [-0.15, -0.1) is 0 Å². The largest absolute Gasteiger partial charge is 0.368 e. The molecule has 19 heavy (non-hydrogen) atoms. The normalized spacial score (nSPS) is 26.6. The number of hydrogen-bond donors (Lipinski definition) is 2. The molecule has 3 rings (SSSR count). The van der Waals surface area contributed by atoms with Crippen molar-refractivity contribution in [2.75, 3.05) is 0 Å². The Morgan fingerprint density at radius 2 is 2.11 bits per heavy atom. The van der Waals surface area contributed by atoms with Crippen LogP contribution in [-0.4, -0.2) is 11.9 Å². The number of fused-ring (bicyclic) bond motifs is 1. The second-order valence-corrected chi connectivity index (χ2v) is 6.13. The van der Waals surface area contributed by atoms with Gasteiger partial charge in [0.15, 0.2) is 0 Å². The van der Waals surface area contributed by atoms with Gasteiger partial charge in [0.2, 0.25) is 5.91 Å². The topological polar surface area (TPSA) is 55.1 Å². The molecule has 0 bridgehead atoms. The summed E-state index contributed by atoms with van der Waals surface area (Å²) in [5, 5.41) is 4.27. The van der Waals surface area contributed by atoms with Crippen molar-refractivity contribution in [1.82, 2.24) is 5.32 Å². The zero-order valence-electron chi connectivity index (χ0n) is 10.9. The first-order valence-electron chi connectivity index (χ1n) is 6.98. The number of aryl methyl sites for hydroxylation is 1. The van der Waals surface area contributed by atoms with Crippen LogP contribution < -0.4 is 11.1 Å². The van der Waals surface area contributed by atoms with Crippen LogP contribution in [0.3, 0.4) is 0 Å². The van der Waals surface area contributed by atoms with Crippen molar-refractivity contribution in [2.24, 2.45) is 5.73 Å². The number of primary amides is 1. The van der Waals surface area contributed by atoms with Crippen molar-refractivity contribution >= 4 is 17.5 Å². The van der Waals surface area contributed by atoms with Crippen LogP contribution in [0.25, 0.3) is 0 Å². The highest BCUT2D eigenvalue weighted by atomic mass is 35.5. The summed E-state index contributed by atoms with van der Waals surface area (Å²) >= 11 is 6.03. The smallest absolute Gasteiger partial charge is 0.242 e. The lowest BCUT2D eigenvalue weighted by molar-refractivity contribution is -0.125. The summed E-state index contributed by atoms with van der Waals surface area (Å²) in [5.74, 6) is -0.263. The van der Waals surface area contributed by atoms with Gasteiger partial charge in [-0.3, -0.25) is 10.1 Å². The van der Waals surface area contributed by atoms with Gasteiger partial charge >= 0.3 is 0 Å². The van der Waals surface area contributed by atoms with Crippen molar-refractivity contribution in [2.45, 2.75) is 50.1 Å². The third kappa shape index (κ3) is 2.15. The second kappa shape index (κ2) is 4.80. The van der Waals surface area contributed by atoms with E-state index in [1.807, 2.05) is 18.2 Å². The molecule has 1 aromatic rings. The maximum Gasteiger partial charge on any atom is 0.242 e. The number of carbonyl (C=O) groups is 1.